The first-order chi connectivity index (χ1) is 9.06. The van der Waals surface area contributed by atoms with Gasteiger partial charge in [-0.1, -0.05) is 26.0 Å². The lowest BCUT2D eigenvalue weighted by Gasteiger charge is -2.11. The molecular weight excluding hydrogens is 244 g/mol. The molecule has 0 radical (unpaired) electrons. The molecule has 1 atom stereocenters. The first-order valence-electron chi connectivity index (χ1n) is 6.28. The highest BCUT2D eigenvalue weighted by Crippen LogP contribution is 2.11. The molecule has 0 heterocycles. The van der Waals surface area contributed by atoms with E-state index in [9.17, 15) is 9.59 Å². The minimum atomic E-state index is -0.248. The van der Waals surface area contributed by atoms with Gasteiger partial charge in [0.05, 0.1) is 13.5 Å². The summed E-state index contributed by atoms with van der Waals surface area (Å²) in [6, 6.07) is 7.21. The summed E-state index contributed by atoms with van der Waals surface area (Å²) in [6.07, 6.45) is 0.949. The Morgan fingerprint density at radius 2 is 1.84 bits per heavy atom. The molecule has 1 aromatic rings. The highest BCUT2D eigenvalue weighted by molar-refractivity contribution is 5.84. The van der Waals surface area contributed by atoms with Crippen LogP contribution in [0.2, 0.25) is 0 Å². The number of ether oxygens (including phenoxy) is 1. The fourth-order valence-electron chi connectivity index (χ4n) is 1.41. The van der Waals surface area contributed by atoms with Gasteiger partial charge < -0.3 is 4.74 Å². The molecule has 0 spiro atoms. The Morgan fingerprint density at radius 3 is 2.37 bits per heavy atom. The Morgan fingerprint density at radius 1 is 1.21 bits per heavy atom. The van der Waals surface area contributed by atoms with Crippen LogP contribution in [0.3, 0.4) is 0 Å². The predicted molar refractivity (Wildman–Crippen MR) is 72.4 cm³/mol. The molecule has 0 saturated carbocycles. The standard InChI is InChI=1S/C14H20N2O3/c1-4-10(2)14(18)16-15-13(17)9-11-5-7-12(19-3)8-6-11/h5-8,10H,4,9H2,1-3H3,(H,15,17)(H,16,18). The van der Waals surface area contributed by atoms with Gasteiger partial charge in [-0.2, -0.15) is 0 Å². The SMILES string of the molecule is CCC(C)C(=O)NNC(=O)Cc1ccc(OC)cc1. The molecule has 1 unspecified atom stereocenters. The first kappa shape index (κ1) is 15.0. The summed E-state index contributed by atoms with van der Waals surface area (Å²) >= 11 is 0. The fraction of sp³-hybridized carbons (Fsp3) is 0.429. The summed E-state index contributed by atoms with van der Waals surface area (Å²) in [5, 5.41) is 0. The van der Waals surface area contributed by atoms with Crippen molar-refractivity contribution >= 4 is 11.8 Å². The average Bonchev–Trinajstić information content (AvgIpc) is 2.44. The van der Waals surface area contributed by atoms with Crippen molar-refractivity contribution in [2.24, 2.45) is 5.92 Å². The van der Waals surface area contributed by atoms with Gasteiger partial charge in [-0.3, -0.25) is 20.4 Å². The Hall–Kier alpha value is -2.04. The lowest BCUT2D eigenvalue weighted by atomic mass is 10.1. The zero-order valence-corrected chi connectivity index (χ0v) is 11.5. The molecular formula is C14H20N2O3. The van der Waals surface area contributed by atoms with Crippen molar-refractivity contribution in [3.63, 3.8) is 0 Å². The molecule has 2 amide bonds. The molecule has 0 aliphatic heterocycles. The molecule has 5 heteroatoms. The van der Waals surface area contributed by atoms with Gasteiger partial charge in [0.25, 0.3) is 0 Å². The average molecular weight is 264 g/mol. The lowest BCUT2D eigenvalue weighted by molar-refractivity contribution is -0.130. The van der Waals surface area contributed by atoms with Gasteiger partial charge in [0, 0.05) is 5.92 Å². The Balaban J connectivity index is 2.40. The summed E-state index contributed by atoms with van der Waals surface area (Å²) in [5.74, 6) is 0.211. The summed E-state index contributed by atoms with van der Waals surface area (Å²) in [4.78, 5) is 23.1. The van der Waals surface area contributed by atoms with Crippen molar-refractivity contribution in [3.05, 3.63) is 29.8 Å². The number of hydrazine groups is 1. The van der Waals surface area contributed by atoms with Crippen molar-refractivity contribution in [1.82, 2.24) is 10.9 Å². The number of amides is 2. The number of rotatable bonds is 5. The van der Waals surface area contributed by atoms with E-state index in [2.05, 4.69) is 10.9 Å². The minimum Gasteiger partial charge on any atom is -0.497 e. The molecule has 5 nitrogen and oxygen atoms in total. The highest BCUT2D eigenvalue weighted by Gasteiger charge is 2.11. The van der Waals surface area contributed by atoms with Crippen molar-refractivity contribution < 1.29 is 14.3 Å². The number of carbonyl (C=O) groups excluding carboxylic acids is 2. The maximum atomic E-state index is 11.6. The second kappa shape index (κ2) is 7.41. The van der Waals surface area contributed by atoms with Crippen molar-refractivity contribution in [2.75, 3.05) is 7.11 Å². The molecule has 0 aliphatic rings. The Labute approximate surface area is 113 Å². The number of methoxy groups -OCH3 is 1. The minimum absolute atomic E-state index is 0.110. The van der Waals surface area contributed by atoms with E-state index >= 15 is 0 Å². The monoisotopic (exact) mass is 264 g/mol. The fourth-order valence-corrected chi connectivity index (χ4v) is 1.41. The Bertz CT molecular complexity index is 429. The summed E-state index contributed by atoms with van der Waals surface area (Å²) in [5.41, 5.74) is 5.68. The molecule has 104 valence electrons. The van der Waals surface area contributed by atoms with Crippen LogP contribution in [0.4, 0.5) is 0 Å². The molecule has 19 heavy (non-hydrogen) atoms. The van der Waals surface area contributed by atoms with Gasteiger partial charge in [0.2, 0.25) is 11.8 Å². The van der Waals surface area contributed by atoms with Crippen LogP contribution < -0.4 is 15.6 Å². The molecule has 1 aromatic carbocycles. The van der Waals surface area contributed by atoms with Crippen LogP contribution >= 0.6 is 0 Å². The molecule has 0 aromatic heterocycles. The van der Waals surface area contributed by atoms with E-state index in [-0.39, 0.29) is 24.2 Å². The largest absolute Gasteiger partial charge is 0.497 e. The third kappa shape index (κ3) is 4.99. The number of hydrogen-bond acceptors (Lipinski definition) is 3. The van der Waals surface area contributed by atoms with Gasteiger partial charge in [0.15, 0.2) is 0 Å². The maximum Gasteiger partial charge on any atom is 0.242 e. The third-order valence-corrected chi connectivity index (χ3v) is 2.91. The van der Waals surface area contributed by atoms with Crippen LogP contribution in [0.25, 0.3) is 0 Å². The predicted octanol–water partition coefficient (Wildman–Crippen LogP) is 1.43. The van der Waals surface area contributed by atoms with E-state index in [4.69, 9.17) is 4.74 Å². The maximum absolute atomic E-state index is 11.6. The summed E-state index contributed by atoms with van der Waals surface area (Å²) < 4.78 is 5.03. The van der Waals surface area contributed by atoms with E-state index in [1.54, 1.807) is 19.2 Å². The lowest BCUT2D eigenvalue weighted by Crippen LogP contribution is -2.44. The number of nitrogens with one attached hydrogen (secondary N) is 2. The topological polar surface area (TPSA) is 67.4 Å². The van der Waals surface area contributed by atoms with Crippen molar-refractivity contribution in [2.45, 2.75) is 26.7 Å². The van der Waals surface area contributed by atoms with Gasteiger partial charge in [-0.15, -0.1) is 0 Å². The molecule has 0 fully saturated rings. The number of benzene rings is 1. The number of hydrogen-bond donors (Lipinski definition) is 2. The van der Waals surface area contributed by atoms with Crippen molar-refractivity contribution in [1.29, 1.82) is 0 Å². The second-order valence-corrected chi connectivity index (χ2v) is 4.37. The number of carbonyl (C=O) groups is 2. The van der Waals surface area contributed by atoms with E-state index in [1.807, 2.05) is 26.0 Å². The molecule has 2 N–H and O–H groups in total. The van der Waals surface area contributed by atoms with Crippen LogP contribution in [0.15, 0.2) is 24.3 Å². The van der Waals surface area contributed by atoms with Crippen molar-refractivity contribution in [3.8, 4) is 5.75 Å². The summed E-state index contributed by atoms with van der Waals surface area (Å²) in [6.45, 7) is 3.73. The summed E-state index contributed by atoms with van der Waals surface area (Å²) in [7, 11) is 1.59. The molecule has 0 bridgehead atoms. The first-order valence-corrected chi connectivity index (χ1v) is 6.28. The quantitative estimate of drug-likeness (QED) is 0.791. The van der Waals surface area contributed by atoms with Crippen LogP contribution in [-0.4, -0.2) is 18.9 Å². The molecule has 0 aliphatic carbocycles. The molecule has 0 saturated heterocycles. The van der Waals surface area contributed by atoms with Gasteiger partial charge in [-0.05, 0) is 24.1 Å². The zero-order valence-electron chi connectivity index (χ0n) is 11.5. The van der Waals surface area contributed by atoms with Gasteiger partial charge in [-0.25, -0.2) is 0 Å². The van der Waals surface area contributed by atoms with E-state index in [0.29, 0.717) is 0 Å². The van der Waals surface area contributed by atoms with Gasteiger partial charge in [0.1, 0.15) is 5.75 Å². The normalized spacial score (nSPS) is 11.5. The van der Waals surface area contributed by atoms with E-state index < -0.39 is 0 Å². The van der Waals surface area contributed by atoms with Crippen LogP contribution in [-0.2, 0) is 16.0 Å². The highest BCUT2D eigenvalue weighted by atomic mass is 16.5. The third-order valence-electron chi connectivity index (χ3n) is 2.91. The van der Waals surface area contributed by atoms with Crippen LogP contribution in [0.1, 0.15) is 25.8 Å². The van der Waals surface area contributed by atoms with Gasteiger partial charge >= 0.3 is 0 Å². The van der Waals surface area contributed by atoms with Crippen LogP contribution in [0, 0.1) is 5.92 Å². The second-order valence-electron chi connectivity index (χ2n) is 4.37. The Kier molecular flexibility index (Phi) is 5.85. The van der Waals surface area contributed by atoms with E-state index in [1.165, 1.54) is 0 Å². The molecule has 1 rings (SSSR count). The smallest absolute Gasteiger partial charge is 0.242 e. The van der Waals surface area contributed by atoms with E-state index in [0.717, 1.165) is 17.7 Å². The van der Waals surface area contributed by atoms with Crippen LogP contribution in [0.5, 0.6) is 5.75 Å². The zero-order chi connectivity index (χ0) is 14.3.